The fourth-order valence-electron chi connectivity index (χ4n) is 1.13. The number of ether oxygens (including phenoxy) is 2. The first kappa shape index (κ1) is 8.97. The van der Waals surface area contributed by atoms with Gasteiger partial charge in [0.1, 0.15) is 0 Å². The van der Waals surface area contributed by atoms with Crippen molar-refractivity contribution < 1.29 is 9.47 Å². The largest absolute Gasteiger partial charge is 0.382 e. The normalized spacial score (nSPS) is 21.3. The van der Waals surface area contributed by atoms with Crippen LogP contribution in [-0.4, -0.2) is 32.5 Å². The molecule has 2 N–H and O–H groups in total. The van der Waals surface area contributed by atoms with E-state index in [0.29, 0.717) is 19.3 Å². The summed E-state index contributed by atoms with van der Waals surface area (Å²) < 4.78 is 10.6. The Morgan fingerprint density at radius 1 is 1.55 bits per heavy atom. The highest BCUT2D eigenvalue weighted by Crippen LogP contribution is 2.22. The molecule has 0 heterocycles. The van der Waals surface area contributed by atoms with Crippen LogP contribution >= 0.6 is 0 Å². The van der Waals surface area contributed by atoms with Gasteiger partial charge in [0.25, 0.3) is 0 Å². The van der Waals surface area contributed by atoms with Crippen LogP contribution in [0.5, 0.6) is 0 Å². The van der Waals surface area contributed by atoms with Crippen molar-refractivity contribution in [2.45, 2.75) is 31.5 Å². The molecule has 1 saturated carbocycles. The van der Waals surface area contributed by atoms with Gasteiger partial charge in [0.05, 0.1) is 18.8 Å². The molecular formula is C8H17NO2. The van der Waals surface area contributed by atoms with Gasteiger partial charge in [0.2, 0.25) is 0 Å². The third kappa shape index (κ3) is 2.77. The monoisotopic (exact) mass is 159 g/mol. The molecule has 1 fully saturated rings. The van der Waals surface area contributed by atoms with Gasteiger partial charge in [-0.25, -0.2) is 0 Å². The molecule has 3 heteroatoms. The zero-order valence-corrected chi connectivity index (χ0v) is 7.08. The third-order valence-corrected chi connectivity index (χ3v) is 2.05. The van der Waals surface area contributed by atoms with Gasteiger partial charge in [-0.15, -0.1) is 0 Å². The minimum Gasteiger partial charge on any atom is -0.382 e. The Kier molecular flexibility index (Phi) is 3.83. The highest BCUT2D eigenvalue weighted by Gasteiger charge is 2.21. The number of hydrogen-bond acceptors (Lipinski definition) is 3. The Labute approximate surface area is 67.9 Å². The molecule has 1 unspecified atom stereocenters. The summed E-state index contributed by atoms with van der Waals surface area (Å²) in [6.07, 6.45) is 4.25. The van der Waals surface area contributed by atoms with Gasteiger partial charge in [0, 0.05) is 13.7 Å². The maximum absolute atomic E-state index is 5.63. The lowest BCUT2D eigenvalue weighted by atomic mass is 9.96. The Morgan fingerprint density at radius 3 is 2.64 bits per heavy atom. The first-order chi connectivity index (χ1) is 5.36. The molecule has 0 bridgehead atoms. The van der Waals surface area contributed by atoms with Crippen LogP contribution in [0, 0.1) is 0 Å². The topological polar surface area (TPSA) is 44.5 Å². The molecule has 11 heavy (non-hydrogen) atoms. The highest BCUT2D eigenvalue weighted by atomic mass is 16.5. The molecule has 0 amide bonds. The van der Waals surface area contributed by atoms with E-state index < -0.39 is 0 Å². The molecule has 1 aliphatic rings. The van der Waals surface area contributed by atoms with Gasteiger partial charge >= 0.3 is 0 Å². The average molecular weight is 159 g/mol. The Bertz CT molecular complexity index is 104. The maximum atomic E-state index is 5.63. The van der Waals surface area contributed by atoms with Crippen molar-refractivity contribution in [3.63, 3.8) is 0 Å². The Morgan fingerprint density at radius 2 is 2.27 bits per heavy atom. The summed E-state index contributed by atoms with van der Waals surface area (Å²) in [6.45, 7) is 1.18. The quantitative estimate of drug-likeness (QED) is 0.636. The van der Waals surface area contributed by atoms with E-state index in [1.54, 1.807) is 7.11 Å². The predicted octanol–water partition coefficient (Wildman–Crippen LogP) is 0.529. The minimum atomic E-state index is 0.102. The summed E-state index contributed by atoms with van der Waals surface area (Å²) in [4.78, 5) is 0. The minimum absolute atomic E-state index is 0.102. The first-order valence-electron chi connectivity index (χ1n) is 4.21. The molecule has 0 aromatic carbocycles. The summed E-state index contributed by atoms with van der Waals surface area (Å²) in [5.74, 6) is 0. The lowest BCUT2D eigenvalue weighted by Gasteiger charge is -2.29. The molecule has 0 radical (unpaired) electrons. The van der Waals surface area contributed by atoms with Gasteiger partial charge in [-0.2, -0.15) is 0 Å². The van der Waals surface area contributed by atoms with Crippen LogP contribution in [0.3, 0.4) is 0 Å². The van der Waals surface area contributed by atoms with E-state index in [-0.39, 0.29) is 6.10 Å². The van der Waals surface area contributed by atoms with E-state index in [1.807, 2.05) is 0 Å². The number of rotatable bonds is 5. The van der Waals surface area contributed by atoms with Crippen molar-refractivity contribution in [3.8, 4) is 0 Å². The molecule has 66 valence electrons. The molecule has 0 aromatic rings. The van der Waals surface area contributed by atoms with Crippen LogP contribution in [0.2, 0.25) is 0 Å². The predicted molar refractivity (Wildman–Crippen MR) is 43.4 cm³/mol. The number of nitrogens with two attached hydrogens (primary N) is 1. The van der Waals surface area contributed by atoms with E-state index in [1.165, 1.54) is 19.3 Å². The van der Waals surface area contributed by atoms with Crippen molar-refractivity contribution in [2.24, 2.45) is 5.73 Å². The molecule has 1 aliphatic carbocycles. The lowest BCUT2D eigenvalue weighted by molar-refractivity contribution is -0.0731. The van der Waals surface area contributed by atoms with E-state index in [9.17, 15) is 0 Å². The molecule has 0 aliphatic heterocycles. The van der Waals surface area contributed by atoms with Gasteiger partial charge in [-0.1, -0.05) is 0 Å². The zero-order valence-electron chi connectivity index (χ0n) is 7.08. The molecule has 3 nitrogen and oxygen atoms in total. The van der Waals surface area contributed by atoms with Crippen LogP contribution in [-0.2, 0) is 9.47 Å². The lowest BCUT2D eigenvalue weighted by Crippen LogP contribution is -2.35. The fraction of sp³-hybridized carbons (Fsp3) is 1.00. The van der Waals surface area contributed by atoms with Crippen molar-refractivity contribution in [2.75, 3.05) is 20.3 Å². The Balaban J connectivity index is 2.08. The van der Waals surface area contributed by atoms with Crippen LogP contribution < -0.4 is 5.73 Å². The van der Waals surface area contributed by atoms with Crippen molar-refractivity contribution in [1.29, 1.82) is 0 Å². The molecule has 0 aromatic heterocycles. The van der Waals surface area contributed by atoms with Crippen LogP contribution in [0.15, 0.2) is 0 Å². The molecule has 1 atom stereocenters. The van der Waals surface area contributed by atoms with E-state index in [2.05, 4.69) is 0 Å². The van der Waals surface area contributed by atoms with Crippen LogP contribution in [0.25, 0.3) is 0 Å². The Hall–Kier alpha value is -0.120. The maximum Gasteiger partial charge on any atom is 0.0933 e. The molecule has 1 rings (SSSR count). The third-order valence-electron chi connectivity index (χ3n) is 2.05. The van der Waals surface area contributed by atoms with Crippen LogP contribution in [0.4, 0.5) is 0 Å². The molecule has 0 spiro atoms. The van der Waals surface area contributed by atoms with Crippen molar-refractivity contribution in [3.05, 3.63) is 0 Å². The SMILES string of the molecule is COCC(CN)OC1CCC1. The van der Waals surface area contributed by atoms with E-state index >= 15 is 0 Å². The van der Waals surface area contributed by atoms with Gasteiger partial charge < -0.3 is 15.2 Å². The average Bonchev–Trinajstić information content (AvgIpc) is 1.94. The zero-order chi connectivity index (χ0) is 8.10. The summed E-state index contributed by atoms with van der Waals surface area (Å²) >= 11 is 0. The van der Waals surface area contributed by atoms with Crippen molar-refractivity contribution >= 4 is 0 Å². The van der Waals surface area contributed by atoms with Gasteiger partial charge in [-0.3, -0.25) is 0 Å². The van der Waals surface area contributed by atoms with Crippen molar-refractivity contribution in [1.82, 2.24) is 0 Å². The van der Waals surface area contributed by atoms with E-state index in [0.717, 1.165) is 0 Å². The van der Waals surface area contributed by atoms with Crippen LogP contribution in [0.1, 0.15) is 19.3 Å². The molecule has 0 saturated heterocycles. The smallest absolute Gasteiger partial charge is 0.0933 e. The highest BCUT2D eigenvalue weighted by molar-refractivity contribution is 4.72. The second kappa shape index (κ2) is 4.70. The fourth-order valence-corrected chi connectivity index (χ4v) is 1.13. The molecular weight excluding hydrogens is 142 g/mol. The summed E-state index contributed by atoms with van der Waals surface area (Å²) in [7, 11) is 1.67. The second-order valence-corrected chi connectivity index (χ2v) is 3.00. The number of hydrogen-bond donors (Lipinski definition) is 1. The number of methoxy groups -OCH3 is 1. The van der Waals surface area contributed by atoms with Gasteiger partial charge in [0.15, 0.2) is 0 Å². The van der Waals surface area contributed by atoms with E-state index in [4.69, 9.17) is 15.2 Å². The standard InChI is InChI=1S/C8H17NO2/c1-10-6-8(5-9)11-7-3-2-4-7/h7-8H,2-6,9H2,1H3. The first-order valence-corrected chi connectivity index (χ1v) is 4.21. The van der Waals surface area contributed by atoms with Gasteiger partial charge in [-0.05, 0) is 19.3 Å². The summed E-state index contributed by atoms with van der Waals surface area (Å²) in [5, 5.41) is 0. The second-order valence-electron chi connectivity index (χ2n) is 3.00. The summed E-state index contributed by atoms with van der Waals surface area (Å²) in [5.41, 5.74) is 5.48. The summed E-state index contributed by atoms with van der Waals surface area (Å²) in [6, 6.07) is 0.